The summed E-state index contributed by atoms with van der Waals surface area (Å²) < 4.78 is 6.73. The molecule has 3 aromatic rings. The zero-order valence-corrected chi connectivity index (χ0v) is 17.7. The lowest BCUT2D eigenvalue weighted by Crippen LogP contribution is -2.41. The highest BCUT2D eigenvalue weighted by atomic mass is 32.1. The second-order valence-corrected chi connectivity index (χ2v) is 8.39. The van der Waals surface area contributed by atoms with Crippen molar-refractivity contribution in [1.29, 1.82) is 0 Å². The maximum atomic E-state index is 12.7. The number of nitrogen functional groups attached to an aromatic ring is 1. The van der Waals surface area contributed by atoms with Crippen molar-refractivity contribution in [2.45, 2.75) is 13.3 Å². The van der Waals surface area contributed by atoms with Crippen LogP contribution in [-0.2, 0) is 16.0 Å². The predicted octanol–water partition coefficient (Wildman–Crippen LogP) is 1.78. The number of aliphatic imine (C=N–C) groups is 1. The molecule has 2 N–H and O–H groups in total. The summed E-state index contributed by atoms with van der Waals surface area (Å²) in [6.45, 7) is 4.12. The number of carbonyl (C=O) groups is 1. The molecule has 0 aliphatic carbocycles. The number of hydrogen-bond acceptors (Lipinski definition) is 8. The van der Waals surface area contributed by atoms with Crippen LogP contribution in [0.15, 0.2) is 34.1 Å². The molecule has 4 heterocycles. The van der Waals surface area contributed by atoms with Gasteiger partial charge in [-0.25, -0.2) is 0 Å². The Morgan fingerprint density at radius 3 is 2.87 bits per heavy atom. The summed E-state index contributed by atoms with van der Waals surface area (Å²) in [7, 11) is 0. The third-order valence-corrected chi connectivity index (χ3v) is 6.27. The minimum absolute atomic E-state index is 0.0272. The molecule has 2 aliphatic rings. The Hall–Kier alpha value is -3.37. The van der Waals surface area contributed by atoms with Gasteiger partial charge in [0, 0.05) is 29.9 Å². The third-order valence-electron chi connectivity index (χ3n) is 5.36. The van der Waals surface area contributed by atoms with Gasteiger partial charge in [0.25, 0.3) is 5.56 Å². The first-order valence-corrected chi connectivity index (χ1v) is 10.7. The van der Waals surface area contributed by atoms with Gasteiger partial charge in [0.15, 0.2) is 0 Å². The van der Waals surface area contributed by atoms with Crippen molar-refractivity contribution in [2.75, 3.05) is 32.0 Å². The lowest BCUT2D eigenvalue weighted by atomic mass is 10.0. The van der Waals surface area contributed by atoms with Crippen LogP contribution in [0.2, 0.25) is 0 Å². The zero-order chi connectivity index (χ0) is 21.5. The quantitative estimate of drug-likeness (QED) is 0.669. The van der Waals surface area contributed by atoms with E-state index < -0.39 is 5.56 Å². The van der Waals surface area contributed by atoms with Gasteiger partial charge in [-0.15, -0.1) is 0 Å². The SMILES string of the molecule is CC1=Nc2ccccc2/C1=C\c1c(N)n2nc(CC(=O)N3CCOCC3)sc2nc1=O. The van der Waals surface area contributed by atoms with Crippen molar-refractivity contribution in [3.8, 4) is 0 Å². The number of benzene rings is 1. The Kier molecular flexibility index (Phi) is 4.87. The number of allylic oxidation sites excluding steroid dienone is 1. The fourth-order valence-electron chi connectivity index (χ4n) is 3.74. The molecule has 158 valence electrons. The van der Waals surface area contributed by atoms with Crippen LogP contribution < -0.4 is 11.3 Å². The van der Waals surface area contributed by atoms with Crippen molar-refractivity contribution >= 4 is 51.1 Å². The maximum absolute atomic E-state index is 12.7. The molecule has 2 aromatic heterocycles. The Labute approximate surface area is 181 Å². The molecule has 31 heavy (non-hydrogen) atoms. The van der Waals surface area contributed by atoms with Gasteiger partial charge in [0.2, 0.25) is 10.9 Å². The van der Waals surface area contributed by atoms with Gasteiger partial charge in [-0.3, -0.25) is 14.6 Å². The van der Waals surface area contributed by atoms with E-state index in [9.17, 15) is 9.59 Å². The Morgan fingerprint density at radius 2 is 2.06 bits per heavy atom. The van der Waals surface area contributed by atoms with E-state index in [1.807, 2.05) is 31.2 Å². The fourth-order valence-corrected chi connectivity index (χ4v) is 4.63. The summed E-state index contributed by atoms with van der Waals surface area (Å²) in [6.07, 6.45) is 1.86. The maximum Gasteiger partial charge on any atom is 0.283 e. The molecular formula is C21H20N6O3S. The normalized spacial score (nSPS) is 17.3. The van der Waals surface area contributed by atoms with Gasteiger partial charge in [-0.1, -0.05) is 29.5 Å². The average Bonchev–Trinajstić information content (AvgIpc) is 3.31. The van der Waals surface area contributed by atoms with E-state index in [4.69, 9.17) is 10.5 Å². The molecule has 1 aromatic carbocycles. The summed E-state index contributed by atoms with van der Waals surface area (Å²) in [5.41, 5.74) is 9.59. The molecule has 1 saturated heterocycles. The number of amides is 1. The number of carbonyl (C=O) groups excluding carboxylic acids is 1. The van der Waals surface area contributed by atoms with Gasteiger partial charge in [0.1, 0.15) is 10.8 Å². The molecule has 1 fully saturated rings. The van der Waals surface area contributed by atoms with E-state index >= 15 is 0 Å². The fraction of sp³-hybridized carbons (Fsp3) is 0.286. The summed E-state index contributed by atoms with van der Waals surface area (Å²) >= 11 is 1.20. The van der Waals surface area contributed by atoms with Crippen LogP contribution in [0, 0.1) is 0 Å². The van der Waals surface area contributed by atoms with E-state index in [2.05, 4.69) is 15.1 Å². The lowest BCUT2D eigenvalue weighted by Gasteiger charge is -2.26. The van der Waals surface area contributed by atoms with Crippen LogP contribution in [0.3, 0.4) is 0 Å². The Morgan fingerprint density at radius 1 is 1.29 bits per heavy atom. The smallest absolute Gasteiger partial charge is 0.283 e. The van der Waals surface area contributed by atoms with Gasteiger partial charge in [-0.2, -0.15) is 14.6 Å². The Balaban J connectivity index is 1.50. The number of nitrogens with zero attached hydrogens (tertiary/aromatic N) is 5. The number of para-hydroxylation sites is 1. The molecule has 10 heteroatoms. The number of anilines is 1. The third kappa shape index (κ3) is 3.53. The summed E-state index contributed by atoms with van der Waals surface area (Å²) in [4.78, 5) is 36.1. The second kappa shape index (κ2) is 7.71. The van der Waals surface area contributed by atoms with Crippen LogP contribution in [-0.4, -0.2) is 57.4 Å². The monoisotopic (exact) mass is 436 g/mol. The molecule has 0 saturated carbocycles. The number of fused-ring (bicyclic) bond motifs is 2. The standard InChI is InChI=1S/C21H20N6O3S/c1-12-14(13-4-2-3-5-16(13)23-12)10-15-19(22)27-21(24-20(15)29)31-17(25-27)11-18(28)26-6-8-30-9-7-26/h2-5,10H,6-9,11,22H2,1H3/b14-10-. The number of rotatable bonds is 3. The summed E-state index contributed by atoms with van der Waals surface area (Å²) in [6, 6.07) is 7.73. The molecule has 2 aliphatic heterocycles. The molecule has 5 rings (SSSR count). The number of aromatic nitrogens is 3. The van der Waals surface area contributed by atoms with Gasteiger partial charge in [0.05, 0.1) is 30.9 Å². The van der Waals surface area contributed by atoms with Gasteiger partial charge in [-0.05, 0) is 19.1 Å². The van der Waals surface area contributed by atoms with Crippen LogP contribution in [0.25, 0.3) is 16.6 Å². The van der Waals surface area contributed by atoms with Crippen molar-refractivity contribution in [1.82, 2.24) is 19.5 Å². The second-order valence-electron chi connectivity index (χ2n) is 7.35. The molecular weight excluding hydrogens is 416 g/mol. The van der Waals surface area contributed by atoms with Crippen molar-refractivity contribution in [3.63, 3.8) is 0 Å². The molecule has 9 nitrogen and oxygen atoms in total. The van der Waals surface area contributed by atoms with Crippen molar-refractivity contribution in [2.24, 2.45) is 4.99 Å². The number of morpholine rings is 1. The van der Waals surface area contributed by atoms with E-state index in [0.29, 0.717) is 36.3 Å². The molecule has 0 spiro atoms. The van der Waals surface area contributed by atoms with Crippen LogP contribution in [0.1, 0.15) is 23.1 Å². The van der Waals surface area contributed by atoms with Gasteiger partial charge < -0.3 is 15.4 Å². The van der Waals surface area contributed by atoms with Crippen LogP contribution in [0.4, 0.5) is 11.5 Å². The van der Waals surface area contributed by atoms with E-state index in [0.717, 1.165) is 22.5 Å². The van der Waals surface area contributed by atoms with E-state index in [-0.39, 0.29) is 23.7 Å². The molecule has 0 bridgehead atoms. The van der Waals surface area contributed by atoms with Crippen molar-refractivity contribution < 1.29 is 9.53 Å². The first-order chi connectivity index (χ1) is 15.0. The van der Waals surface area contributed by atoms with E-state index in [1.54, 1.807) is 11.0 Å². The van der Waals surface area contributed by atoms with Crippen LogP contribution in [0.5, 0.6) is 0 Å². The zero-order valence-electron chi connectivity index (χ0n) is 16.9. The first-order valence-electron chi connectivity index (χ1n) is 9.92. The van der Waals surface area contributed by atoms with Crippen molar-refractivity contribution in [3.05, 3.63) is 50.8 Å². The lowest BCUT2D eigenvalue weighted by molar-refractivity contribution is -0.134. The highest BCUT2D eigenvalue weighted by Gasteiger charge is 2.22. The number of hydrogen-bond donors (Lipinski definition) is 1. The number of nitrogens with two attached hydrogens (primary N) is 1. The number of ether oxygens (including phenoxy) is 1. The highest BCUT2D eigenvalue weighted by Crippen LogP contribution is 2.35. The van der Waals surface area contributed by atoms with Gasteiger partial charge >= 0.3 is 0 Å². The minimum Gasteiger partial charge on any atom is -0.383 e. The minimum atomic E-state index is -0.433. The molecule has 0 atom stereocenters. The predicted molar refractivity (Wildman–Crippen MR) is 120 cm³/mol. The van der Waals surface area contributed by atoms with Crippen LogP contribution >= 0.6 is 11.3 Å². The molecule has 0 radical (unpaired) electrons. The molecule has 1 amide bonds. The average molecular weight is 436 g/mol. The summed E-state index contributed by atoms with van der Waals surface area (Å²) in [5, 5.41) is 5.02. The Bertz CT molecular complexity index is 1320. The topological polar surface area (TPSA) is 115 Å². The highest BCUT2D eigenvalue weighted by molar-refractivity contribution is 7.16. The van der Waals surface area contributed by atoms with E-state index in [1.165, 1.54) is 15.9 Å². The summed E-state index contributed by atoms with van der Waals surface area (Å²) in [5.74, 6) is 0.168. The molecule has 0 unspecified atom stereocenters. The first kappa shape index (κ1) is 19.6. The largest absolute Gasteiger partial charge is 0.383 e.